The summed E-state index contributed by atoms with van der Waals surface area (Å²) in [4.78, 5) is 18.3. The summed E-state index contributed by atoms with van der Waals surface area (Å²) in [7, 11) is 0. The van der Waals surface area contributed by atoms with Gasteiger partial charge in [-0.05, 0) is 18.2 Å². The van der Waals surface area contributed by atoms with E-state index in [4.69, 9.17) is 11.6 Å². The summed E-state index contributed by atoms with van der Waals surface area (Å²) < 4.78 is 41.2. The second-order valence-corrected chi connectivity index (χ2v) is 7.00. The van der Waals surface area contributed by atoms with Crippen LogP contribution in [0.4, 0.5) is 13.2 Å². The van der Waals surface area contributed by atoms with Gasteiger partial charge in [0.15, 0.2) is 0 Å². The van der Waals surface area contributed by atoms with Crippen LogP contribution in [0.15, 0.2) is 41.2 Å². The van der Waals surface area contributed by atoms with Crippen LogP contribution in [0.3, 0.4) is 0 Å². The summed E-state index contributed by atoms with van der Waals surface area (Å²) in [5.74, 6) is -0.382. The number of thiophene rings is 1. The number of nitrogens with zero attached hydrogens (tertiary/aromatic N) is 1. The zero-order valence-corrected chi connectivity index (χ0v) is 14.3. The third-order valence-electron chi connectivity index (χ3n) is 3.86. The van der Waals surface area contributed by atoms with E-state index in [1.54, 1.807) is 24.3 Å². The molecular weight excluding hydrogens is 389 g/mol. The number of rotatable bonds is 1. The van der Waals surface area contributed by atoms with Crippen molar-refractivity contribution in [1.82, 2.24) is 9.97 Å². The van der Waals surface area contributed by atoms with Crippen LogP contribution >= 0.6 is 22.9 Å². The zero-order chi connectivity index (χ0) is 18.6. The Morgan fingerprint density at radius 1 is 1.15 bits per heavy atom. The van der Waals surface area contributed by atoms with Crippen LogP contribution in [0.2, 0.25) is 5.02 Å². The van der Waals surface area contributed by atoms with Gasteiger partial charge in [0.2, 0.25) is 0 Å². The van der Waals surface area contributed by atoms with E-state index in [9.17, 15) is 23.1 Å². The Hall–Kier alpha value is -2.58. The van der Waals surface area contributed by atoms with Crippen LogP contribution in [0.25, 0.3) is 31.7 Å². The number of aromatic amines is 1. The molecule has 0 atom stereocenters. The highest BCUT2D eigenvalue weighted by Crippen LogP contribution is 2.44. The molecule has 0 unspecified atom stereocenters. The average Bonchev–Trinajstić information content (AvgIpc) is 2.92. The molecule has 0 radical (unpaired) electrons. The molecule has 4 rings (SSSR count). The van der Waals surface area contributed by atoms with Crippen molar-refractivity contribution < 1.29 is 18.3 Å². The third kappa shape index (κ3) is 2.71. The summed E-state index contributed by atoms with van der Waals surface area (Å²) in [6.07, 6.45) is -4.67. The number of nitrogens with one attached hydrogen (secondary N) is 1. The Bertz CT molecular complexity index is 1210. The van der Waals surface area contributed by atoms with E-state index in [1.807, 2.05) is 0 Å². The molecule has 26 heavy (non-hydrogen) atoms. The maximum atomic E-state index is 13.7. The molecule has 0 bridgehead atoms. The van der Waals surface area contributed by atoms with E-state index < -0.39 is 17.3 Å². The number of H-pyrrole nitrogens is 1. The van der Waals surface area contributed by atoms with Gasteiger partial charge in [0.25, 0.3) is 5.56 Å². The van der Waals surface area contributed by atoms with Gasteiger partial charge < -0.3 is 10.1 Å². The minimum Gasteiger partial charge on any atom is -0.506 e. The molecule has 0 saturated heterocycles. The lowest BCUT2D eigenvalue weighted by Gasteiger charge is -2.11. The number of halogens is 4. The fourth-order valence-corrected chi connectivity index (χ4v) is 3.94. The second kappa shape index (κ2) is 5.72. The highest BCUT2D eigenvalue weighted by molar-refractivity contribution is 7.25. The fraction of sp³-hybridized carbons (Fsp3) is 0.0588. The minimum absolute atomic E-state index is 0.0666. The first-order valence-corrected chi connectivity index (χ1v) is 8.46. The number of hydrogen-bond acceptors (Lipinski definition) is 4. The molecule has 9 heteroatoms. The van der Waals surface area contributed by atoms with Gasteiger partial charge in [0.1, 0.15) is 10.6 Å². The van der Waals surface area contributed by atoms with Crippen LogP contribution in [0.5, 0.6) is 5.75 Å². The molecule has 4 nitrogen and oxygen atoms in total. The number of pyridine rings is 2. The van der Waals surface area contributed by atoms with E-state index >= 15 is 0 Å². The Balaban J connectivity index is 2.13. The van der Waals surface area contributed by atoms with Crippen molar-refractivity contribution in [3.8, 4) is 17.0 Å². The fourth-order valence-electron chi connectivity index (χ4n) is 2.74. The van der Waals surface area contributed by atoms with Gasteiger partial charge in [0.05, 0.1) is 21.5 Å². The van der Waals surface area contributed by atoms with Crippen molar-refractivity contribution in [1.29, 1.82) is 0 Å². The summed E-state index contributed by atoms with van der Waals surface area (Å²) in [6.45, 7) is 0. The quantitative estimate of drug-likeness (QED) is 0.465. The largest absolute Gasteiger partial charge is 0.506 e. The molecule has 3 heterocycles. The highest BCUT2D eigenvalue weighted by Gasteiger charge is 2.35. The first kappa shape index (κ1) is 16.9. The number of hydrogen-bond donors (Lipinski definition) is 2. The first-order chi connectivity index (χ1) is 12.2. The van der Waals surface area contributed by atoms with E-state index in [-0.39, 0.29) is 31.9 Å². The number of aromatic hydroxyl groups is 1. The van der Waals surface area contributed by atoms with Crippen LogP contribution in [0, 0.1) is 0 Å². The molecule has 0 aliphatic rings. The molecule has 132 valence electrons. The molecule has 0 aliphatic carbocycles. The minimum atomic E-state index is -4.67. The third-order valence-corrected chi connectivity index (χ3v) is 5.21. The smallest absolute Gasteiger partial charge is 0.417 e. The van der Waals surface area contributed by atoms with Crippen molar-refractivity contribution in [2.24, 2.45) is 0 Å². The van der Waals surface area contributed by atoms with Crippen LogP contribution in [-0.2, 0) is 6.18 Å². The molecule has 0 fully saturated rings. The van der Waals surface area contributed by atoms with Crippen LogP contribution in [-0.4, -0.2) is 15.1 Å². The molecule has 4 aromatic rings. The summed E-state index contributed by atoms with van der Waals surface area (Å²) in [6, 6.07) is 8.12. The Kier molecular flexibility index (Phi) is 3.71. The molecule has 1 aromatic carbocycles. The molecule has 0 aliphatic heterocycles. The topological polar surface area (TPSA) is 66.0 Å². The Labute approximate surface area is 152 Å². The van der Waals surface area contributed by atoms with Crippen LogP contribution < -0.4 is 5.56 Å². The first-order valence-electron chi connectivity index (χ1n) is 7.27. The highest BCUT2D eigenvalue weighted by atomic mass is 35.5. The normalized spacial score (nSPS) is 12.2. The maximum Gasteiger partial charge on any atom is 0.417 e. The second-order valence-electron chi connectivity index (χ2n) is 5.56. The lowest BCUT2D eigenvalue weighted by atomic mass is 10.1. The number of alkyl halides is 3. The molecule has 0 spiro atoms. The molecule has 0 saturated carbocycles. The predicted octanol–water partition coefficient (Wildman–Crippen LogP) is 5.18. The summed E-state index contributed by atoms with van der Waals surface area (Å²) >= 11 is 6.71. The van der Waals surface area contributed by atoms with Crippen LogP contribution in [0.1, 0.15) is 5.56 Å². The van der Waals surface area contributed by atoms with Gasteiger partial charge in [-0.2, -0.15) is 13.2 Å². The summed E-state index contributed by atoms with van der Waals surface area (Å²) in [5, 5.41) is 10.2. The molecule has 0 amide bonds. The van der Waals surface area contributed by atoms with Crippen molar-refractivity contribution >= 4 is 43.4 Å². The van der Waals surface area contributed by atoms with Crippen molar-refractivity contribution in [2.45, 2.75) is 6.18 Å². The lowest BCUT2D eigenvalue weighted by molar-refractivity contribution is -0.136. The predicted molar refractivity (Wildman–Crippen MR) is 94.9 cm³/mol. The zero-order valence-electron chi connectivity index (χ0n) is 12.7. The van der Waals surface area contributed by atoms with Crippen molar-refractivity contribution in [3.63, 3.8) is 0 Å². The van der Waals surface area contributed by atoms with Crippen molar-refractivity contribution in [3.05, 3.63) is 57.3 Å². The van der Waals surface area contributed by atoms with Gasteiger partial charge in [-0.1, -0.05) is 23.7 Å². The number of benzene rings is 1. The standard InChI is InChI=1S/C17H8ClF3N2O2S/c18-8-3-1-7(2-4-8)10-5-9(17(19,20)21)13-14-15(26-16(13)22-10)11(24)6-12(25)23-14/h1-6H,(H2,23,24,25). The van der Waals surface area contributed by atoms with E-state index in [2.05, 4.69) is 9.97 Å². The molecular formula is C17H8ClF3N2O2S. The SMILES string of the molecule is O=c1cc(O)c2sc3nc(-c4ccc(Cl)cc4)cc(C(F)(F)F)c3c2[nH]1. The van der Waals surface area contributed by atoms with E-state index in [0.29, 0.717) is 10.6 Å². The summed E-state index contributed by atoms with van der Waals surface area (Å²) in [5.41, 5.74) is -1.10. The lowest BCUT2D eigenvalue weighted by Crippen LogP contribution is -2.08. The van der Waals surface area contributed by atoms with E-state index in [1.165, 1.54) is 0 Å². The average molecular weight is 397 g/mol. The van der Waals surface area contributed by atoms with Gasteiger partial charge >= 0.3 is 6.18 Å². The number of aromatic nitrogens is 2. The maximum absolute atomic E-state index is 13.7. The Morgan fingerprint density at radius 2 is 1.85 bits per heavy atom. The van der Waals surface area contributed by atoms with Gasteiger partial charge in [-0.3, -0.25) is 4.79 Å². The molecule has 3 aromatic heterocycles. The van der Waals surface area contributed by atoms with Gasteiger partial charge in [-0.15, -0.1) is 11.3 Å². The van der Waals surface area contributed by atoms with Crippen molar-refractivity contribution in [2.75, 3.05) is 0 Å². The van der Waals surface area contributed by atoms with E-state index in [0.717, 1.165) is 23.5 Å². The van der Waals surface area contributed by atoms with Gasteiger partial charge in [0, 0.05) is 22.0 Å². The number of fused-ring (bicyclic) bond motifs is 3. The molecule has 2 N–H and O–H groups in total. The van der Waals surface area contributed by atoms with Gasteiger partial charge in [-0.25, -0.2) is 4.98 Å². The monoisotopic (exact) mass is 396 g/mol. The Morgan fingerprint density at radius 3 is 2.50 bits per heavy atom.